The topological polar surface area (TPSA) is 57.6 Å². The highest BCUT2D eigenvalue weighted by Crippen LogP contribution is 2.40. The van der Waals surface area contributed by atoms with Crippen LogP contribution in [0.4, 0.5) is 0 Å². The molecule has 2 heterocycles. The van der Waals surface area contributed by atoms with Gasteiger partial charge in [0.15, 0.2) is 0 Å². The fourth-order valence-electron chi connectivity index (χ4n) is 2.13. The molecule has 4 nitrogen and oxygen atoms in total. The van der Waals surface area contributed by atoms with Gasteiger partial charge < -0.3 is 10.0 Å². The quantitative estimate of drug-likeness (QED) is 0.907. The summed E-state index contributed by atoms with van der Waals surface area (Å²) in [6, 6.07) is 2.04. The van der Waals surface area contributed by atoms with Crippen molar-refractivity contribution in [3.63, 3.8) is 0 Å². The number of carboxylic acid groups (broad SMARTS) is 1. The van der Waals surface area contributed by atoms with Crippen molar-refractivity contribution in [2.75, 3.05) is 19.3 Å². The van der Waals surface area contributed by atoms with E-state index in [1.807, 2.05) is 11.4 Å². The number of carbonyl (C=O) groups excluding carboxylic acids is 1. The molecule has 0 saturated heterocycles. The second kappa shape index (κ2) is 6.43. The smallest absolute Gasteiger partial charge is 0.303 e. The van der Waals surface area contributed by atoms with Crippen molar-refractivity contribution >= 4 is 35.0 Å². The van der Waals surface area contributed by atoms with E-state index in [-0.39, 0.29) is 17.6 Å². The second-order valence-corrected chi connectivity index (χ2v) is 6.77. The zero-order valence-electron chi connectivity index (χ0n) is 10.8. The van der Waals surface area contributed by atoms with Crippen LogP contribution in [-0.4, -0.2) is 41.2 Å². The average Bonchev–Trinajstić information content (AvgIpc) is 2.85. The van der Waals surface area contributed by atoms with Crippen molar-refractivity contribution in [2.45, 2.75) is 24.5 Å². The number of carbonyl (C=O) groups is 2. The van der Waals surface area contributed by atoms with Crippen LogP contribution >= 0.6 is 23.1 Å². The Bertz CT molecular complexity index is 472. The number of amides is 1. The molecule has 6 heteroatoms. The molecule has 2 rings (SSSR count). The standard InChI is InChI=1S/C13H17NO3S2/c1-14(6-2-3-11(15)16)13(17)12-9-4-7-18-10(9)5-8-19-12/h4,7,12H,2-3,5-6,8H2,1H3,(H,15,16). The summed E-state index contributed by atoms with van der Waals surface area (Å²) in [6.45, 7) is 0.502. The van der Waals surface area contributed by atoms with Crippen molar-refractivity contribution in [3.8, 4) is 0 Å². The van der Waals surface area contributed by atoms with Gasteiger partial charge in [0.05, 0.1) is 0 Å². The monoisotopic (exact) mass is 299 g/mol. The number of thioether (sulfide) groups is 1. The molecule has 0 radical (unpaired) electrons. The predicted octanol–water partition coefficient (Wildman–Crippen LogP) is 2.40. The van der Waals surface area contributed by atoms with Gasteiger partial charge in [-0.2, -0.15) is 0 Å². The molecule has 19 heavy (non-hydrogen) atoms. The third kappa shape index (κ3) is 3.51. The van der Waals surface area contributed by atoms with Crippen molar-refractivity contribution in [1.29, 1.82) is 0 Å². The Kier molecular flexibility index (Phi) is 4.87. The number of carboxylic acids is 1. The van der Waals surface area contributed by atoms with E-state index >= 15 is 0 Å². The summed E-state index contributed by atoms with van der Waals surface area (Å²) in [5.41, 5.74) is 1.15. The summed E-state index contributed by atoms with van der Waals surface area (Å²) in [6.07, 6.45) is 1.66. The van der Waals surface area contributed by atoms with Gasteiger partial charge in [0, 0.05) is 24.9 Å². The van der Waals surface area contributed by atoms with Crippen LogP contribution in [0.1, 0.15) is 28.5 Å². The zero-order chi connectivity index (χ0) is 13.8. The third-order valence-corrected chi connectivity index (χ3v) is 5.39. The van der Waals surface area contributed by atoms with E-state index in [1.165, 1.54) is 4.88 Å². The predicted molar refractivity (Wildman–Crippen MR) is 77.7 cm³/mol. The lowest BCUT2D eigenvalue weighted by Crippen LogP contribution is -2.32. The van der Waals surface area contributed by atoms with E-state index in [0.29, 0.717) is 13.0 Å². The highest BCUT2D eigenvalue weighted by molar-refractivity contribution is 8.00. The Balaban J connectivity index is 1.95. The van der Waals surface area contributed by atoms with Crippen LogP contribution in [-0.2, 0) is 16.0 Å². The van der Waals surface area contributed by atoms with E-state index in [2.05, 4.69) is 0 Å². The minimum Gasteiger partial charge on any atom is -0.481 e. The van der Waals surface area contributed by atoms with Crippen molar-refractivity contribution in [3.05, 3.63) is 21.9 Å². The number of hydrogen-bond donors (Lipinski definition) is 1. The van der Waals surface area contributed by atoms with Crippen LogP contribution in [0, 0.1) is 0 Å². The van der Waals surface area contributed by atoms with Gasteiger partial charge in [-0.25, -0.2) is 0 Å². The van der Waals surface area contributed by atoms with Gasteiger partial charge in [0.2, 0.25) is 5.91 Å². The molecule has 0 aliphatic carbocycles. The van der Waals surface area contributed by atoms with E-state index in [4.69, 9.17) is 5.11 Å². The number of nitrogens with zero attached hydrogens (tertiary/aromatic N) is 1. The van der Waals surface area contributed by atoms with E-state index < -0.39 is 5.97 Å². The SMILES string of the molecule is CN(CCCC(=O)O)C(=O)C1SCCc2sccc21. The van der Waals surface area contributed by atoms with E-state index in [1.54, 1.807) is 35.0 Å². The number of aryl methyl sites for hydroxylation is 1. The Hall–Kier alpha value is -1.01. The molecule has 1 aliphatic heterocycles. The van der Waals surface area contributed by atoms with Crippen LogP contribution in [0.25, 0.3) is 0 Å². The van der Waals surface area contributed by atoms with E-state index in [9.17, 15) is 9.59 Å². The summed E-state index contributed by atoms with van der Waals surface area (Å²) in [5.74, 6) is 0.259. The molecule has 1 aromatic heterocycles. The third-order valence-electron chi connectivity index (χ3n) is 3.16. The maximum atomic E-state index is 12.4. The number of fused-ring (bicyclic) bond motifs is 1. The first-order valence-corrected chi connectivity index (χ1v) is 8.17. The normalized spacial score (nSPS) is 17.8. The van der Waals surface area contributed by atoms with Crippen LogP contribution in [0.3, 0.4) is 0 Å². The Morgan fingerprint density at radius 2 is 2.32 bits per heavy atom. The van der Waals surface area contributed by atoms with Gasteiger partial charge in [0.1, 0.15) is 5.25 Å². The first-order chi connectivity index (χ1) is 9.09. The molecule has 0 saturated carbocycles. The largest absolute Gasteiger partial charge is 0.481 e. The fourth-order valence-corrected chi connectivity index (χ4v) is 4.53. The fraction of sp³-hybridized carbons (Fsp3) is 0.538. The Labute approximate surface area is 120 Å². The van der Waals surface area contributed by atoms with Gasteiger partial charge in [-0.3, -0.25) is 9.59 Å². The lowest BCUT2D eigenvalue weighted by Gasteiger charge is -2.26. The molecule has 0 spiro atoms. The number of thiophene rings is 1. The van der Waals surface area contributed by atoms with Gasteiger partial charge in [-0.05, 0) is 35.6 Å². The molecule has 1 aliphatic rings. The zero-order valence-corrected chi connectivity index (χ0v) is 12.4. The second-order valence-electron chi connectivity index (χ2n) is 4.56. The molecule has 1 unspecified atom stereocenters. The molecule has 104 valence electrons. The molecule has 0 bridgehead atoms. The Morgan fingerprint density at radius 1 is 1.53 bits per heavy atom. The molecule has 1 amide bonds. The van der Waals surface area contributed by atoms with Crippen LogP contribution in [0.5, 0.6) is 0 Å². The summed E-state index contributed by atoms with van der Waals surface area (Å²) in [7, 11) is 1.76. The molecule has 1 N–H and O–H groups in total. The average molecular weight is 299 g/mol. The van der Waals surface area contributed by atoms with Crippen LogP contribution in [0.15, 0.2) is 11.4 Å². The number of aliphatic carboxylic acids is 1. The maximum absolute atomic E-state index is 12.4. The van der Waals surface area contributed by atoms with Gasteiger partial charge >= 0.3 is 5.97 Å². The molecule has 0 aromatic carbocycles. The minimum atomic E-state index is -0.812. The summed E-state index contributed by atoms with van der Waals surface area (Å²) < 4.78 is 0. The molecular weight excluding hydrogens is 282 g/mol. The Morgan fingerprint density at radius 3 is 3.05 bits per heavy atom. The number of likely N-dealkylation sites (N-methyl/N-ethyl adjacent to an activating group) is 1. The summed E-state index contributed by atoms with van der Waals surface area (Å²) in [5, 5.41) is 10.5. The molecule has 1 aromatic rings. The van der Waals surface area contributed by atoms with Crippen molar-refractivity contribution in [2.24, 2.45) is 0 Å². The van der Waals surface area contributed by atoms with E-state index in [0.717, 1.165) is 17.7 Å². The molecule has 0 fully saturated rings. The first kappa shape index (κ1) is 14.4. The maximum Gasteiger partial charge on any atom is 0.303 e. The van der Waals surface area contributed by atoms with Crippen LogP contribution in [0.2, 0.25) is 0 Å². The van der Waals surface area contributed by atoms with Crippen molar-refractivity contribution in [1.82, 2.24) is 4.90 Å². The number of rotatable bonds is 5. The summed E-state index contributed by atoms with van der Waals surface area (Å²) in [4.78, 5) is 25.8. The summed E-state index contributed by atoms with van der Waals surface area (Å²) >= 11 is 3.40. The van der Waals surface area contributed by atoms with Crippen LogP contribution < -0.4 is 0 Å². The van der Waals surface area contributed by atoms with Gasteiger partial charge in [-0.1, -0.05) is 0 Å². The highest BCUT2D eigenvalue weighted by atomic mass is 32.2. The van der Waals surface area contributed by atoms with Crippen molar-refractivity contribution < 1.29 is 14.7 Å². The molecule has 1 atom stereocenters. The minimum absolute atomic E-state index is 0.0924. The number of hydrogen-bond acceptors (Lipinski definition) is 4. The van der Waals surface area contributed by atoms with Gasteiger partial charge in [0.25, 0.3) is 0 Å². The lowest BCUT2D eigenvalue weighted by molar-refractivity contribution is -0.138. The molecular formula is C13H17NO3S2. The van der Waals surface area contributed by atoms with Gasteiger partial charge in [-0.15, -0.1) is 23.1 Å². The highest BCUT2D eigenvalue weighted by Gasteiger charge is 2.29. The lowest BCUT2D eigenvalue weighted by atomic mass is 10.1. The first-order valence-electron chi connectivity index (χ1n) is 6.24.